The number of amides is 2. The zero-order chi connectivity index (χ0) is 17.1. The number of benzene rings is 1. The minimum Gasteiger partial charge on any atom is -0.329 e. The SMILES string of the molecule is O=C(ON1C(=O)c2ccccc2C1=O)C1CC2CCC(C1)N2C1CC1. The lowest BCUT2D eigenvalue weighted by molar-refractivity contribution is -0.176. The summed E-state index contributed by atoms with van der Waals surface area (Å²) >= 11 is 0. The summed E-state index contributed by atoms with van der Waals surface area (Å²) in [6.45, 7) is 0. The Bertz CT molecular complexity index is 723. The molecule has 0 radical (unpaired) electrons. The zero-order valence-corrected chi connectivity index (χ0v) is 13.9. The molecule has 0 aromatic heterocycles. The lowest BCUT2D eigenvalue weighted by Gasteiger charge is -2.38. The van der Waals surface area contributed by atoms with Crippen LogP contribution in [0.3, 0.4) is 0 Å². The predicted molar refractivity (Wildman–Crippen MR) is 87.4 cm³/mol. The third-order valence-electron chi connectivity index (χ3n) is 6.03. The van der Waals surface area contributed by atoms with Gasteiger partial charge >= 0.3 is 5.97 Å². The molecule has 2 bridgehead atoms. The van der Waals surface area contributed by atoms with Crippen LogP contribution in [0.1, 0.15) is 59.2 Å². The summed E-state index contributed by atoms with van der Waals surface area (Å²) in [6.07, 6.45) is 6.37. The quantitative estimate of drug-likeness (QED) is 0.789. The van der Waals surface area contributed by atoms with Crippen LogP contribution in [0.5, 0.6) is 0 Å². The van der Waals surface area contributed by atoms with Crippen LogP contribution in [0.2, 0.25) is 0 Å². The van der Waals surface area contributed by atoms with Gasteiger partial charge in [0.05, 0.1) is 17.0 Å². The Morgan fingerprint density at radius 3 is 1.92 bits per heavy atom. The zero-order valence-electron chi connectivity index (χ0n) is 13.9. The van der Waals surface area contributed by atoms with Gasteiger partial charge in [-0.3, -0.25) is 14.5 Å². The van der Waals surface area contributed by atoms with Gasteiger partial charge < -0.3 is 4.84 Å². The molecule has 25 heavy (non-hydrogen) atoms. The van der Waals surface area contributed by atoms with E-state index in [1.807, 2.05) is 0 Å². The van der Waals surface area contributed by atoms with E-state index in [2.05, 4.69) is 4.90 Å². The molecule has 2 amide bonds. The van der Waals surface area contributed by atoms with Gasteiger partial charge in [0.25, 0.3) is 11.8 Å². The highest BCUT2D eigenvalue weighted by Crippen LogP contribution is 2.45. The van der Waals surface area contributed by atoms with Crippen LogP contribution in [0.4, 0.5) is 0 Å². The highest BCUT2D eigenvalue weighted by molar-refractivity contribution is 6.20. The van der Waals surface area contributed by atoms with Crippen molar-refractivity contribution in [3.63, 3.8) is 0 Å². The molecule has 6 nitrogen and oxygen atoms in total. The van der Waals surface area contributed by atoms with E-state index >= 15 is 0 Å². The van der Waals surface area contributed by atoms with Gasteiger partial charge in [0, 0.05) is 18.1 Å². The maximum absolute atomic E-state index is 12.6. The van der Waals surface area contributed by atoms with Gasteiger partial charge in [-0.2, -0.15) is 0 Å². The summed E-state index contributed by atoms with van der Waals surface area (Å²) in [5.74, 6) is -1.77. The normalized spacial score (nSPS) is 31.4. The molecule has 3 aliphatic heterocycles. The molecule has 2 unspecified atom stereocenters. The lowest BCUT2D eigenvalue weighted by Crippen LogP contribution is -2.47. The number of piperidine rings is 1. The van der Waals surface area contributed by atoms with Gasteiger partial charge in [-0.15, -0.1) is 0 Å². The average Bonchev–Trinajstić information content (AvgIpc) is 3.40. The van der Waals surface area contributed by atoms with Crippen molar-refractivity contribution in [3.8, 4) is 0 Å². The molecule has 3 fully saturated rings. The van der Waals surface area contributed by atoms with Crippen molar-refractivity contribution in [1.29, 1.82) is 0 Å². The highest BCUT2D eigenvalue weighted by atomic mass is 16.7. The van der Waals surface area contributed by atoms with Crippen molar-refractivity contribution in [2.75, 3.05) is 0 Å². The number of carbonyl (C=O) groups is 3. The molecule has 130 valence electrons. The van der Waals surface area contributed by atoms with Crippen molar-refractivity contribution in [3.05, 3.63) is 35.4 Å². The number of imide groups is 1. The number of fused-ring (bicyclic) bond motifs is 3. The summed E-state index contributed by atoms with van der Waals surface area (Å²) in [7, 11) is 0. The summed E-state index contributed by atoms with van der Waals surface area (Å²) in [5, 5.41) is 0.641. The number of rotatable bonds is 3. The fourth-order valence-electron chi connectivity index (χ4n) is 4.79. The first kappa shape index (κ1) is 15.1. The standard InChI is InChI=1S/C19H20N2O4/c22-17-15-3-1-2-4-16(15)18(23)21(17)25-19(24)11-9-13-7-8-14(10-11)20(13)12-5-6-12/h1-4,11-14H,5-10H2. The molecule has 2 atom stereocenters. The van der Waals surface area contributed by atoms with Gasteiger partial charge in [0.2, 0.25) is 0 Å². The van der Waals surface area contributed by atoms with Crippen LogP contribution in [-0.2, 0) is 9.63 Å². The van der Waals surface area contributed by atoms with E-state index in [0.29, 0.717) is 34.3 Å². The first-order valence-electron chi connectivity index (χ1n) is 9.10. The van der Waals surface area contributed by atoms with Crippen LogP contribution < -0.4 is 0 Å². The first-order chi connectivity index (χ1) is 12.1. The monoisotopic (exact) mass is 340 g/mol. The Morgan fingerprint density at radius 1 is 0.880 bits per heavy atom. The van der Waals surface area contributed by atoms with E-state index < -0.39 is 17.8 Å². The molecule has 2 saturated heterocycles. The van der Waals surface area contributed by atoms with Gasteiger partial charge in [0.15, 0.2) is 0 Å². The molecule has 0 N–H and O–H groups in total. The number of hydrogen-bond acceptors (Lipinski definition) is 5. The number of hydrogen-bond donors (Lipinski definition) is 0. The Labute approximate surface area is 145 Å². The smallest absolute Gasteiger partial charge is 0.329 e. The van der Waals surface area contributed by atoms with E-state index in [1.165, 1.54) is 12.8 Å². The van der Waals surface area contributed by atoms with Crippen molar-refractivity contribution in [1.82, 2.24) is 9.96 Å². The van der Waals surface area contributed by atoms with Gasteiger partial charge in [-0.1, -0.05) is 17.2 Å². The van der Waals surface area contributed by atoms with E-state index in [-0.39, 0.29) is 5.92 Å². The second-order valence-electron chi connectivity index (χ2n) is 7.59. The first-order valence-corrected chi connectivity index (χ1v) is 9.10. The topological polar surface area (TPSA) is 66.9 Å². The molecule has 3 heterocycles. The average molecular weight is 340 g/mol. The van der Waals surface area contributed by atoms with E-state index in [9.17, 15) is 14.4 Å². The third kappa shape index (κ3) is 2.31. The third-order valence-corrected chi connectivity index (χ3v) is 6.03. The summed E-state index contributed by atoms with van der Waals surface area (Å²) in [4.78, 5) is 45.2. The molecule has 1 saturated carbocycles. The second kappa shape index (κ2) is 5.39. The Balaban J connectivity index is 1.29. The fraction of sp³-hybridized carbons (Fsp3) is 0.526. The molecule has 0 spiro atoms. The van der Waals surface area contributed by atoms with Crippen LogP contribution in [0, 0.1) is 5.92 Å². The molecule has 5 rings (SSSR count). The maximum Gasteiger partial charge on any atom is 0.336 e. The second-order valence-corrected chi connectivity index (χ2v) is 7.59. The van der Waals surface area contributed by atoms with Crippen LogP contribution in [0.15, 0.2) is 24.3 Å². The summed E-state index contributed by atoms with van der Waals surface area (Å²) in [5.41, 5.74) is 0.591. The molecule has 4 aliphatic rings. The highest BCUT2D eigenvalue weighted by Gasteiger charge is 2.49. The predicted octanol–water partition coefficient (Wildman–Crippen LogP) is 2.15. The summed E-state index contributed by atoms with van der Waals surface area (Å²) in [6, 6.07) is 8.17. The van der Waals surface area contributed by atoms with Gasteiger partial charge in [0.1, 0.15) is 0 Å². The van der Waals surface area contributed by atoms with Crippen molar-refractivity contribution in [2.45, 2.75) is 56.7 Å². The number of carbonyl (C=O) groups excluding carboxylic acids is 3. The number of nitrogens with zero attached hydrogens (tertiary/aromatic N) is 2. The van der Waals surface area contributed by atoms with E-state index in [0.717, 1.165) is 25.7 Å². The van der Waals surface area contributed by atoms with Crippen molar-refractivity contribution >= 4 is 17.8 Å². The van der Waals surface area contributed by atoms with Crippen LogP contribution >= 0.6 is 0 Å². The number of hydroxylamine groups is 2. The minimum absolute atomic E-state index is 0.225. The summed E-state index contributed by atoms with van der Waals surface area (Å²) < 4.78 is 0. The minimum atomic E-state index is -0.549. The molecule has 1 aromatic rings. The Kier molecular flexibility index (Phi) is 3.25. The Morgan fingerprint density at radius 2 is 1.40 bits per heavy atom. The van der Waals surface area contributed by atoms with Gasteiger partial charge in [-0.25, -0.2) is 4.79 Å². The van der Waals surface area contributed by atoms with Crippen LogP contribution in [0.25, 0.3) is 0 Å². The largest absolute Gasteiger partial charge is 0.336 e. The van der Waals surface area contributed by atoms with Crippen molar-refractivity contribution < 1.29 is 19.2 Å². The van der Waals surface area contributed by atoms with E-state index in [1.54, 1.807) is 24.3 Å². The maximum atomic E-state index is 12.6. The molecular formula is C19H20N2O4. The van der Waals surface area contributed by atoms with Crippen LogP contribution in [-0.4, -0.2) is 45.9 Å². The fourth-order valence-corrected chi connectivity index (χ4v) is 4.79. The van der Waals surface area contributed by atoms with Gasteiger partial charge in [-0.05, 0) is 50.7 Å². The molecule has 1 aliphatic carbocycles. The molecular weight excluding hydrogens is 320 g/mol. The Hall–Kier alpha value is -2.21. The lowest BCUT2D eigenvalue weighted by atomic mass is 9.90. The molecule has 6 heteroatoms. The van der Waals surface area contributed by atoms with Crippen molar-refractivity contribution in [2.24, 2.45) is 5.92 Å². The molecule has 1 aromatic carbocycles. The van der Waals surface area contributed by atoms with E-state index in [4.69, 9.17) is 4.84 Å².